The third kappa shape index (κ3) is 2.60. The summed E-state index contributed by atoms with van der Waals surface area (Å²) in [5.41, 5.74) is -1.94. The highest BCUT2D eigenvalue weighted by Crippen LogP contribution is 2.41. The first-order chi connectivity index (χ1) is 6.66. The predicted octanol–water partition coefficient (Wildman–Crippen LogP) is 2.43. The van der Waals surface area contributed by atoms with Gasteiger partial charge in [0, 0.05) is 7.05 Å². The number of anilines is 1. The lowest BCUT2D eigenvalue weighted by atomic mass is 10.0. The van der Waals surface area contributed by atoms with Crippen LogP contribution in [0.2, 0.25) is 0 Å². The number of aromatic nitrogens is 1. The Hall–Kier alpha value is -0.820. The first-order valence-electron chi connectivity index (χ1n) is 4.15. The fourth-order valence-corrected chi connectivity index (χ4v) is 1.97. The van der Waals surface area contributed by atoms with Crippen molar-refractivity contribution >= 4 is 16.5 Å². The van der Waals surface area contributed by atoms with Gasteiger partial charge in [-0.3, -0.25) is 0 Å². The molecule has 0 spiro atoms. The van der Waals surface area contributed by atoms with Gasteiger partial charge >= 0.3 is 6.18 Å². The van der Waals surface area contributed by atoms with Gasteiger partial charge in [-0.1, -0.05) is 11.3 Å². The van der Waals surface area contributed by atoms with Gasteiger partial charge in [-0.15, -0.1) is 0 Å². The summed E-state index contributed by atoms with van der Waals surface area (Å²) in [5.74, 6) is 0. The Morgan fingerprint density at radius 3 is 2.13 bits per heavy atom. The zero-order valence-electron chi connectivity index (χ0n) is 8.44. The average Bonchev–Trinajstić information content (AvgIpc) is 2.44. The van der Waals surface area contributed by atoms with Crippen LogP contribution < -0.4 is 5.32 Å². The number of nitrogens with zero attached hydrogens (tertiary/aromatic N) is 1. The van der Waals surface area contributed by atoms with Gasteiger partial charge in [0.15, 0.2) is 5.13 Å². The summed E-state index contributed by atoms with van der Waals surface area (Å²) >= 11 is 0.486. The number of alkyl halides is 3. The first-order valence-corrected chi connectivity index (χ1v) is 4.96. The second-order valence-electron chi connectivity index (χ2n) is 3.50. The number of rotatable bonds is 2. The van der Waals surface area contributed by atoms with Gasteiger partial charge in [0.05, 0.1) is 5.69 Å². The molecule has 1 aromatic rings. The van der Waals surface area contributed by atoms with E-state index in [4.69, 9.17) is 0 Å². The smallest absolute Gasteiger partial charge is 0.384 e. The zero-order valence-corrected chi connectivity index (χ0v) is 9.25. The molecular formula is C8H11F3N2OS. The molecule has 1 heterocycles. The van der Waals surface area contributed by atoms with Crippen molar-refractivity contribution in [3.05, 3.63) is 10.6 Å². The second-order valence-corrected chi connectivity index (χ2v) is 4.50. The molecule has 0 aliphatic heterocycles. The maximum Gasteiger partial charge on any atom is 0.427 e. The molecule has 0 radical (unpaired) electrons. The summed E-state index contributed by atoms with van der Waals surface area (Å²) in [6, 6.07) is 0. The van der Waals surface area contributed by atoms with E-state index in [-0.39, 0.29) is 10.8 Å². The predicted molar refractivity (Wildman–Crippen MR) is 51.9 cm³/mol. The molecule has 1 aromatic heterocycles. The van der Waals surface area contributed by atoms with Crippen LogP contribution >= 0.6 is 11.3 Å². The molecule has 86 valence electrons. The number of hydrogen-bond donors (Lipinski definition) is 2. The van der Waals surface area contributed by atoms with Crippen molar-refractivity contribution in [3.63, 3.8) is 0 Å². The molecule has 0 atom stereocenters. The molecule has 0 aliphatic carbocycles. The van der Waals surface area contributed by atoms with Crippen LogP contribution in [0.25, 0.3) is 0 Å². The van der Waals surface area contributed by atoms with Crippen LogP contribution in [0.5, 0.6) is 0 Å². The Morgan fingerprint density at radius 2 is 1.87 bits per heavy atom. The molecule has 0 saturated heterocycles. The third-order valence-electron chi connectivity index (χ3n) is 1.68. The standard InChI is InChI=1S/C8H11F3N2OS/c1-7(2,14)4-5(8(9,10)11)15-6(12-3)13-4/h14H,1-3H3,(H,12,13). The van der Waals surface area contributed by atoms with Gasteiger partial charge in [-0.2, -0.15) is 13.2 Å². The number of halogens is 3. The SMILES string of the molecule is CNc1nc(C(C)(C)O)c(C(F)(F)F)s1. The van der Waals surface area contributed by atoms with Crippen LogP contribution in [0, 0.1) is 0 Å². The van der Waals surface area contributed by atoms with Crippen molar-refractivity contribution in [1.29, 1.82) is 0 Å². The minimum atomic E-state index is -4.48. The lowest BCUT2D eigenvalue weighted by Crippen LogP contribution is -2.21. The Kier molecular flexibility index (Phi) is 2.97. The van der Waals surface area contributed by atoms with Gasteiger partial charge < -0.3 is 10.4 Å². The highest BCUT2D eigenvalue weighted by Gasteiger charge is 2.41. The molecule has 3 nitrogen and oxygen atoms in total. The third-order valence-corrected chi connectivity index (χ3v) is 2.80. The van der Waals surface area contributed by atoms with Gasteiger partial charge in [0.25, 0.3) is 0 Å². The van der Waals surface area contributed by atoms with Crippen molar-refractivity contribution in [2.45, 2.75) is 25.6 Å². The van der Waals surface area contributed by atoms with E-state index < -0.39 is 16.7 Å². The molecule has 7 heteroatoms. The maximum atomic E-state index is 12.6. The van der Waals surface area contributed by atoms with Crippen molar-refractivity contribution in [2.75, 3.05) is 12.4 Å². The van der Waals surface area contributed by atoms with E-state index >= 15 is 0 Å². The average molecular weight is 240 g/mol. The summed E-state index contributed by atoms with van der Waals surface area (Å²) in [6.07, 6.45) is -4.48. The Bertz CT molecular complexity index is 322. The molecule has 15 heavy (non-hydrogen) atoms. The largest absolute Gasteiger partial charge is 0.427 e. The van der Waals surface area contributed by atoms with Gasteiger partial charge in [-0.25, -0.2) is 4.98 Å². The summed E-state index contributed by atoms with van der Waals surface area (Å²) in [6.45, 7) is 2.55. The lowest BCUT2D eigenvalue weighted by molar-refractivity contribution is -0.137. The van der Waals surface area contributed by atoms with Crippen LogP contribution in [-0.4, -0.2) is 17.1 Å². The normalized spacial score (nSPS) is 13.0. The topological polar surface area (TPSA) is 45.2 Å². The quantitative estimate of drug-likeness (QED) is 0.834. The zero-order chi connectivity index (χ0) is 11.9. The molecule has 0 saturated carbocycles. The Balaban J connectivity index is 3.31. The van der Waals surface area contributed by atoms with E-state index in [9.17, 15) is 18.3 Å². The van der Waals surface area contributed by atoms with Crippen LogP contribution in [0.15, 0.2) is 0 Å². The summed E-state index contributed by atoms with van der Waals surface area (Å²) in [7, 11) is 1.48. The minimum Gasteiger partial charge on any atom is -0.384 e. The van der Waals surface area contributed by atoms with Crippen LogP contribution in [-0.2, 0) is 11.8 Å². The molecule has 1 rings (SSSR count). The summed E-state index contributed by atoms with van der Waals surface area (Å²) < 4.78 is 37.7. The van der Waals surface area contributed by atoms with E-state index in [1.165, 1.54) is 20.9 Å². The van der Waals surface area contributed by atoms with Crippen molar-refractivity contribution < 1.29 is 18.3 Å². The fraction of sp³-hybridized carbons (Fsp3) is 0.625. The van der Waals surface area contributed by atoms with E-state index in [1.807, 2.05) is 0 Å². The Morgan fingerprint density at radius 1 is 1.33 bits per heavy atom. The molecule has 0 fully saturated rings. The van der Waals surface area contributed by atoms with E-state index in [0.717, 1.165) is 0 Å². The molecule has 0 unspecified atom stereocenters. The number of nitrogens with one attached hydrogen (secondary N) is 1. The first kappa shape index (κ1) is 12.3. The van der Waals surface area contributed by atoms with Crippen LogP contribution in [0.1, 0.15) is 24.4 Å². The van der Waals surface area contributed by atoms with Crippen molar-refractivity contribution in [1.82, 2.24) is 4.98 Å². The summed E-state index contributed by atoms with van der Waals surface area (Å²) in [4.78, 5) is 2.84. The maximum absolute atomic E-state index is 12.6. The molecule has 0 bridgehead atoms. The fourth-order valence-electron chi connectivity index (χ4n) is 1.03. The molecule has 2 N–H and O–H groups in total. The Labute approximate surface area is 89.0 Å². The molecule has 0 aliphatic rings. The lowest BCUT2D eigenvalue weighted by Gasteiger charge is -2.17. The number of aliphatic hydroxyl groups is 1. The number of thiazole rings is 1. The van der Waals surface area contributed by atoms with E-state index in [2.05, 4.69) is 10.3 Å². The van der Waals surface area contributed by atoms with Crippen LogP contribution in [0.3, 0.4) is 0 Å². The highest BCUT2D eigenvalue weighted by molar-refractivity contribution is 7.15. The van der Waals surface area contributed by atoms with Gasteiger partial charge in [0.2, 0.25) is 0 Å². The molecule has 0 amide bonds. The highest BCUT2D eigenvalue weighted by atomic mass is 32.1. The van der Waals surface area contributed by atoms with Crippen molar-refractivity contribution in [2.24, 2.45) is 0 Å². The molecule has 0 aromatic carbocycles. The van der Waals surface area contributed by atoms with Crippen LogP contribution in [0.4, 0.5) is 18.3 Å². The van der Waals surface area contributed by atoms with Gasteiger partial charge in [0.1, 0.15) is 10.5 Å². The molecular weight excluding hydrogens is 229 g/mol. The van der Waals surface area contributed by atoms with Gasteiger partial charge in [-0.05, 0) is 13.8 Å². The number of hydrogen-bond acceptors (Lipinski definition) is 4. The summed E-state index contributed by atoms with van der Waals surface area (Å²) in [5, 5.41) is 12.2. The van der Waals surface area contributed by atoms with E-state index in [1.54, 1.807) is 0 Å². The monoisotopic (exact) mass is 240 g/mol. The van der Waals surface area contributed by atoms with E-state index in [0.29, 0.717) is 11.3 Å². The second kappa shape index (κ2) is 3.64. The minimum absolute atomic E-state index is 0.138. The van der Waals surface area contributed by atoms with Crippen molar-refractivity contribution in [3.8, 4) is 0 Å².